The average Bonchev–Trinajstić information content (AvgIpc) is 2.43. The van der Waals surface area contributed by atoms with Crippen molar-refractivity contribution in [2.75, 3.05) is 13.2 Å². The molecule has 0 aromatic heterocycles. The number of carbonyl (C=O) groups excluding carboxylic acids is 2. The van der Waals surface area contributed by atoms with Crippen LogP contribution in [0.4, 0.5) is 0 Å². The first-order valence-electron chi connectivity index (χ1n) is 5.76. The van der Waals surface area contributed by atoms with E-state index in [1.165, 1.54) is 18.2 Å². The van der Waals surface area contributed by atoms with Crippen LogP contribution in [0.15, 0.2) is 30.9 Å². The molecule has 0 aliphatic rings. The minimum absolute atomic E-state index is 0.0394. The van der Waals surface area contributed by atoms with Crippen LogP contribution in [0.1, 0.15) is 26.3 Å². The summed E-state index contributed by atoms with van der Waals surface area (Å²) in [6.07, 6.45) is 1.00. The highest BCUT2D eigenvalue weighted by molar-refractivity contribution is 5.95. The second-order valence-electron chi connectivity index (χ2n) is 3.84. The molecule has 0 spiro atoms. The molecule has 20 heavy (non-hydrogen) atoms. The molecule has 0 aliphatic heterocycles. The quantitative estimate of drug-likeness (QED) is 0.482. The van der Waals surface area contributed by atoms with Gasteiger partial charge >= 0.3 is 17.9 Å². The summed E-state index contributed by atoms with van der Waals surface area (Å²) < 4.78 is 9.48. The van der Waals surface area contributed by atoms with Gasteiger partial charge in [-0.1, -0.05) is 12.6 Å². The lowest BCUT2D eigenvalue weighted by molar-refractivity contribution is -0.138. The lowest BCUT2D eigenvalue weighted by atomic mass is 10.1. The van der Waals surface area contributed by atoms with Crippen molar-refractivity contribution in [3.05, 3.63) is 47.5 Å². The molecule has 106 valence electrons. The van der Waals surface area contributed by atoms with Crippen molar-refractivity contribution < 1.29 is 29.0 Å². The second kappa shape index (κ2) is 7.08. The molecule has 1 aromatic carbocycles. The highest BCUT2D eigenvalue weighted by Crippen LogP contribution is 2.12. The number of aromatic carboxylic acids is 1. The van der Waals surface area contributed by atoms with Gasteiger partial charge in [0, 0.05) is 6.08 Å². The summed E-state index contributed by atoms with van der Waals surface area (Å²) in [4.78, 5) is 33.4. The lowest BCUT2D eigenvalue weighted by Gasteiger charge is -2.07. The summed E-state index contributed by atoms with van der Waals surface area (Å²) in [5, 5.41) is 8.96. The van der Waals surface area contributed by atoms with E-state index in [-0.39, 0.29) is 24.3 Å². The minimum Gasteiger partial charge on any atom is -0.478 e. The molecule has 1 aromatic rings. The summed E-state index contributed by atoms with van der Waals surface area (Å²) in [5.74, 6) is -2.40. The van der Waals surface area contributed by atoms with Gasteiger partial charge in [-0.2, -0.15) is 0 Å². The summed E-state index contributed by atoms with van der Waals surface area (Å²) in [6, 6.07) is 4.24. The van der Waals surface area contributed by atoms with Crippen molar-refractivity contribution >= 4 is 17.9 Å². The van der Waals surface area contributed by atoms with Crippen molar-refractivity contribution in [3.63, 3.8) is 0 Å². The summed E-state index contributed by atoms with van der Waals surface area (Å²) in [6.45, 7) is 4.65. The third-order valence-corrected chi connectivity index (χ3v) is 2.43. The number of benzene rings is 1. The van der Waals surface area contributed by atoms with Crippen LogP contribution in [0.25, 0.3) is 0 Å². The van der Waals surface area contributed by atoms with Crippen LogP contribution in [-0.4, -0.2) is 36.2 Å². The largest absolute Gasteiger partial charge is 0.478 e. The van der Waals surface area contributed by atoms with E-state index in [9.17, 15) is 14.4 Å². The van der Waals surface area contributed by atoms with Crippen LogP contribution in [0, 0.1) is 6.92 Å². The number of carboxylic acid groups (broad SMARTS) is 1. The van der Waals surface area contributed by atoms with E-state index in [4.69, 9.17) is 9.84 Å². The summed E-state index contributed by atoms with van der Waals surface area (Å²) in [7, 11) is 0. The number of aryl methyl sites for hydroxylation is 1. The first-order valence-corrected chi connectivity index (χ1v) is 5.76. The molecule has 1 rings (SSSR count). The predicted molar refractivity (Wildman–Crippen MR) is 69.6 cm³/mol. The monoisotopic (exact) mass is 278 g/mol. The van der Waals surface area contributed by atoms with Crippen molar-refractivity contribution in [2.45, 2.75) is 6.92 Å². The molecular weight excluding hydrogens is 264 g/mol. The maximum Gasteiger partial charge on any atom is 0.338 e. The third-order valence-electron chi connectivity index (χ3n) is 2.43. The molecular formula is C14H14O6. The molecule has 0 bridgehead atoms. The number of carbonyl (C=O) groups is 3. The first kappa shape index (κ1) is 15.4. The van der Waals surface area contributed by atoms with E-state index in [1.807, 2.05) is 0 Å². The number of hydrogen-bond donors (Lipinski definition) is 1. The highest BCUT2D eigenvalue weighted by Gasteiger charge is 2.13. The van der Waals surface area contributed by atoms with Gasteiger partial charge in [0.05, 0.1) is 11.1 Å². The van der Waals surface area contributed by atoms with Crippen LogP contribution in [0.5, 0.6) is 0 Å². The molecule has 0 amide bonds. The Morgan fingerprint density at radius 2 is 1.90 bits per heavy atom. The number of ether oxygens (including phenoxy) is 2. The van der Waals surface area contributed by atoms with Crippen molar-refractivity contribution in [3.8, 4) is 0 Å². The average molecular weight is 278 g/mol. The standard InChI is InChI=1S/C14H14O6/c1-3-12(15)19-6-7-20-14(18)10-5-4-9(2)11(8-10)13(16)17/h3-5,8H,1,6-7H2,2H3,(H,16,17). The van der Waals surface area contributed by atoms with Crippen molar-refractivity contribution in [1.29, 1.82) is 0 Å². The van der Waals surface area contributed by atoms with Crippen LogP contribution >= 0.6 is 0 Å². The Morgan fingerprint density at radius 1 is 1.25 bits per heavy atom. The SMILES string of the molecule is C=CC(=O)OCCOC(=O)c1ccc(C)c(C(=O)O)c1. The van der Waals surface area contributed by atoms with E-state index in [0.717, 1.165) is 6.08 Å². The molecule has 0 fully saturated rings. The van der Waals surface area contributed by atoms with Crippen molar-refractivity contribution in [2.24, 2.45) is 0 Å². The molecule has 0 aliphatic carbocycles. The smallest absolute Gasteiger partial charge is 0.338 e. The van der Waals surface area contributed by atoms with Crippen LogP contribution in [0.3, 0.4) is 0 Å². The number of carboxylic acids is 1. The minimum atomic E-state index is -1.11. The van der Waals surface area contributed by atoms with Gasteiger partial charge < -0.3 is 14.6 Å². The number of hydrogen-bond acceptors (Lipinski definition) is 5. The molecule has 0 atom stereocenters. The Kier molecular flexibility index (Phi) is 5.46. The summed E-state index contributed by atoms with van der Waals surface area (Å²) in [5.41, 5.74) is 0.717. The Balaban J connectivity index is 2.60. The zero-order valence-corrected chi connectivity index (χ0v) is 10.9. The van der Waals surface area contributed by atoms with E-state index >= 15 is 0 Å². The molecule has 0 radical (unpaired) electrons. The molecule has 0 saturated carbocycles. The lowest BCUT2D eigenvalue weighted by Crippen LogP contribution is -2.13. The predicted octanol–water partition coefficient (Wildman–Crippen LogP) is 1.58. The van der Waals surface area contributed by atoms with E-state index in [2.05, 4.69) is 11.3 Å². The van der Waals surface area contributed by atoms with Gasteiger partial charge in [0.1, 0.15) is 13.2 Å². The van der Waals surface area contributed by atoms with E-state index < -0.39 is 17.9 Å². The van der Waals surface area contributed by atoms with Crippen molar-refractivity contribution in [1.82, 2.24) is 0 Å². The van der Waals surface area contributed by atoms with Gasteiger partial charge in [-0.25, -0.2) is 14.4 Å². The molecule has 1 N–H and O–H groups in total. The van der Waals surface area contributed by atoms with E-state index in [0.29, 0.717) is 5.56 Å². The van der Waals surface area contributed by atoms with Crippen LogP contribution in [-0.2, 0) is 14.3 Å². The Labute approximate surface area is 115 Å². The Hall–Kier alpha value is -2.63. The van der Waals surface area contributed by atoms with Gasteiger partial charge in [0.15, 0.2) is 0 Å². The van der Waals surface area contributed by atoms with E-state index in [1.54, 1.807) is 6.92 Å². The fraction of sp³-hybridized carbons (Fsp3) is 0.214. The van der Waals surface area contributed by atoms with Gasteiger partial charge in [0.2, 0.25) is 0 Å². The maximum atomic E-state index is 11.7. The molecule has 6 heteroatoms. The Bertz CT molecular complexity index is 547. The number of esters is 2. The normalized spacial score (nSPS) is 9.65. The highest BCUT2D eigenvalue weighted by atomic mass is 16.6. The topological polar surface area (TPSA) is 89.9 Å². The summed E-state index contributed by atoms with van der Waals surface area (Å²) >= 11 is 0. The number of rotatable bonds is 6. The zero-order chi connectivity index (χ0) is 15.1. The second-order valence-corrected chi connectivity index (χ2v) is 3.84. The third kappa shape index (κ3) is 4.24. The maximum absolute atomic E-state index is 11.7. The fourth-order valence-corrected chi connectivity index (χ4v) is 1.40. The van der Waals surface area contributed by atoms with Gasteiger partial charge in [-0.3, -0.25) is 0 Å². The van der Waals surface area contributed by atoms with Gasteiger partial charge in [-0.05, 0) is 24.6 Å². The van der Waals surface area contributed by atoms with Crippen LogP contribution in [0.2, 0.25) is 0 Å². The molecule has 0 heterocycles. The molecule has 6 nitrogen and oxygen atoms in total. The first-order chi connectivity index (χ1) is 9.45. The van der Waals surface area contributed by atoms with Gasteiger partial charge in [0.25, 0.3) is 0 Å². The zero-order valence-electron chi connectivity index (χ0n) is 10.9. The fourth-order valence-electron chi connectivity index (χ4n) is 1.40. The van der Waals surface area contributed by atoms with Crippen LogP contribution < -0.4 is 0 Å². The molecule has 0 saturated heterocycles. The Morgan fingerprint density at radius 3 is 2.50 bits per heavy atom. The van der Waals surface area contributed by atoms with Gasteiger partial charge in [-0.15, -0.1) is 0 Å². The molecule has 0 unspecified atom stereocenters.